The number of nitrogens with one attached hydrogen (secondary N) is 1. The Morgan fingerprint density at radius 3 is 2.46 bits per heavy atom. The molecule has 0 spiro atoms. The van der Waals surface area contributed by atoms with Crippen molar-refractivity contribution in [2.75, 3.05) is 7.11 Å². The summed E-state index contributed by atoms with van der Waals surface area (Å²) in [7, 11) is 1.65. The molecule has 0 unspecified atom stereocenters. The highest BCUT2D eigenvalue weighted by molar-refractivity contribution is 5.73. The SMILES string of the molecule is COc1ccc(C2(C#N)CCC(NC(C)=O)CC2)cc1OC1CCCC1. The van der Waals surface area contributed by atoms with Gasteiger partial charge in [-0.3, -0.25) is 4.79 Å². The normalized spacial score (nSPS) is 26.1. The Labute approximate surface area is 155 Å². The van der Waals surface area contributed by atoms with Crippen LogP contribution in [0.25, 0.3) is 0 Å². The summed E-state index contributed by atoms with van der Waals surface area (Å²) < 4.78 is 11.7. The van der Waals surface area contributed by atoms with Crippen molar-refractivity contribution in [3.05, 3.63) is 23.8 Å². The van der Waals surface area contributed by atoms with Gasteiger partial charge in [0.15, 0.2) is 11.5 Å². The zero-order chi connectivity index (χ0) is 18.6. The van der Waals surface area contributed by atoms with Crippen LogP contribution in [0.2, 0.25) is 0 Å². The minimum Gasteiger partial charge on any atom is -0.493 e. The molecule has 0 aliphatic heterocycles. The van der Waals surface area contributed by atoms with Crippen molar-refractivity contribution in [3.63, 3.8) is 0 Å². The molecule has 1 amide bonds. The quantitative estimate of drug-likeness (QED) is 0.870. The molecule has 1 aromatic carbocycles. The average Bonchev–Trinajstić information content (AvgIpc) is 3.15. The molecule has 0 heterocycles. The first-order valence-electron chi connectivity index (χ1n) is 9.60. The molecule has 2 aliphatic carbocycles. The number of carbonyl (C=O) groups excluding carboxylic acids is 1. The number of nitriles is 1. The third kappa shape index (κ3) is 3.95. The fraction of sp³-hybridized carbons (Fsp3) is 0.619. The Hall–Kier alpha value is -2.22. The topological polar surface area (TPSA) is 71.3 Å². The molecule has 1 N–H and O–H groups in total. The number of methoxy groups -OCH3 is 1. The van der Waals surface area contributed by atoms with Crippen LogP contribution in [0.1, 0.15) is 63.9 Å². The van der Waals surface area contributed by atoms with E-state index < -0.39 is 5.41 Å². The zero-order valence-corrected chi connectivity index (χ0v) is 15.7. The number of nitrogens with zero attached hydrogens (tertiary/aromatic N) is 1. The van der Waals surface area contributed by atoms with Gasteiger partial charge in [-0.15, -0.1) is 0 Å². The summed E-state index contributed by atoms with van der Waals surface area (Å²) in [6.45, 7) is 1.54. The first-order chi connectivity index (χ1) is 12.6. The summed E-state index contributed by atoms with van der Waals surface area (Å²) in [5.41, 5.74) is 0.477. The van der Waals surface area contributed by atoms with Crippen LogP contribution >= 0.6 is 0 Å². The predicted molar refractivity (Wildman–Crippen MR) is 99.2 cm³/mol. The largest absolute Gasteiger partial charge is 0.493 e. The molecular formula is C21H28N2O3. The van der Waals surface area contributed by atoms with Crippen LogP contribution < -0.4 is 14.8 Å². The van der Waals surface area contributed by atoms with Crippen LogP contribution in [0.5, 0.6) is 11.5 Å². The van der Waals surface area contributed by atoms with E-state index in [2.05, 4.69) is 11.4 Å². The molecule has 0 radical (unpaired) electrons. The number of hydrogen-bond donors (Lipinski definition) is 1. The highest BCUT2D eigenvalue weighted by Gasteiger charge is 2.38. The van der Waals surface area contributed by atoms with Crippen LogP contribution in [0.4, 0.5) is 0 Å². The van der Waals surface area contributed by atoms with Crippen LogP contribution in [-0.4, -0.2) is 25.2 Å². The van der Waals surface area contributed by atoms with Crippen LogP contribution in [-0.2, 0) is 10.2 Å². The second-order valence-corrected chi connectivity index (χ2v) is 7.56. The molecule has 2 saturated carbocycles. The lowest BCUT2D eigenvalue weighted by Gasteiger charge is -2.35. The Kier molecular flexibility index (Phi) is 5.70. The van der Waals surface area contributed by atoms with E-state index >= 15 is 0 Å². The lowest BCUT2D eigenvalue weighted by atomic mass is 9.69. The minimum absolute atomic E-state index is 0.00356. The lowest BCUT2D eigenvalue weighted by molar-refractivity contribution is -0.119. The van der Waals surface area contributed by atoms with Gasteiger partial charge in [0.2, 0.25) is 5.91 Å². The smallest absolute Gasteiger partial charge is 0.217 e. The Morgan fingerprint density at radius 1 is 1.19 bits per heavy atom. The van der Waals surface area contributed by atoms with Gasteiger partial charge in [-0.05, 0) is 69.1 Å². The molecule has 0 aromatic heterocycles. The molecule has 2 fully saturated rings. The van der Waals surface area contributed by atoms with Crippen LogP contribution in [0.15, 0.2) is 18.2 Å². The van der Waals surface area contributed by atoms with Gasteiger partial charge < -0.3 is 14.8 Å². The summed E-state index contributed by atoms with van der Waals surface area (Å²) in [6, 6.07) is 8.63. The first kappa shape index (κ1) is 18.6. The van der Waals surface area contributed by atoms with Crippen molar-refractivity contribution in [2.45, 2.75) is 75.9 Å². The van der Waals surface area contributed by atoms with Gasteiger partial charge in [-0.25, -0.2) is 0 Å². The van der Waals surface area contributed by atoms with Crippen molar-refractivity contribution >= 4 is 5.91 Å². The lowest BCUT2D eigenvalue weighted by Crippen LogP contribution is -2.41. The zero-order valence-electron chi connectivity index (χ0n) is 15.7. The summed E-state index contributed by atoms with van der Waals surface area (Å²) in [5.74, 6) is 1.47. The molecule has 26 heavy (non-hydrogen) atoms. The Bertz CT molecular complexity index is 681. The molecule has 3 rings (SSSR count). The van der Waals surface area contributed by atoms with Crippen LogP contribution in [0, 0.1) is 11.3 Å². The highest BCUT2D eigenvalue weighted by atomic mass is 16.5. The standard InChI is InChI=1S/C21H28N2O3/c1-15(24)23-17-9-11-21(14-22,12-10-17)16-7-8-19(25-2)20(13-16)26-18-5-3-4-6-18/h7-8,13,17-18H,3-6,9-12H2,1-2H3,(H,23,24). The number of benzene rings is 1. The second-order valence-electron chi connectivity index (χ2n) is 7.56. The van der Waals surface area contributed by atoms with Gasteiger partial charge in [0.05, 0.1) is 24.7 Å². The van der Waals surface area contributed by atoms with Gasteiger partial charge in [-0.1, -0.05) is 6.07 Å². The van der Waals surface area contributed by atoms with Gasteiger partial charge in [0, 0.05) is 13.0 Å². The predicted octanol–water partition coefficient (Wildman–Crippen LogP) is 3.86. The summed E-state index contributed by atoms with van der Waals surface area (Å²) >= 11 is 0. The van der Waals surface area contributed by atoms with Gasteiger partial charge >= 0.3 is 0 Å². The number of amides is 1. The highest BCUT2D eigenvalue weighted by Crippen LogP contribution is 2.42. The molecule has 5 nitrogen and oxygen atoms in total. The molecule has 5 heteroatoms. The van der Waals surface area contributed by atoms with E-state index in [0.29, 0.717) is 0 Å². The van der Waals surface area contributed by atoms with Gasteiger partial charge in [-0.2, -0.15) is 5.26 Å². The monoisotopic (exact) mass is 356 g/mol. The third-order valence-corrected chi connectivity index (χ3v) is 5.77. The molecule has 140 valence electrons. The molecule has 0 bridgehead atoms. The van der Waals surface area contributed by atoms with E-state index in [1.165, 1.54) is 12.8 Å². The van der Waals surface area contributed by atoms with E-state index in [-0.39, 0.29) is 18.1 Å². The van der Waals surface area contributed by atoms with Gasteiger partial charge in [0.25, 0.3) is 0 Å². The average molecular weight is 356 g/mol. The summed E-state index contributed by atoms with van der Waals surface area (Å²) in [5, 5.41) is 12.9. The number of ether oxygens (including phenoxy) is 2. The van der Waals surface area contributed by atoms with Crippen molar-refractivity contribution in [3.8, 4) is 17.6 Å². The summed E-state index contributed by atoms with van der Waals surface area (Å²) in [6.07, 6.45) is 7.93. The molecule has 0 saturated heterocycles. The summed E-state index contributed by atoms with van der Waals surface area (Å²) in [4.78, 5) is 11.3. The Morgan fingerprint density at radius 2 is 1.88 bits per heavy atom. The molecule has 1 aromatic rings. The van der Waals surface area contributed by atoms with E-state index in [1.807, 2.05) is 18.2 Å². The maximum Gasteiger partial charge on any atom is 0.217 e. The second kappa shape index (κ2) is 7.99. The Balaban J connectivity index is 1.80. The van der Waals surface area contributed by atoms with E-state index in [9.17, 15) is 10.1 Å². The van der Waals surface area contributed by atoms with Crippen LogP contribution in [0.3, 0.4) is 0 Å². The van der Waals surface area contributed by atoms with E-state index in [0.717, 1.165) is 55.6 Å². The first-order valence-corrected chi connectivity index (χ1v) is 9.60. The van der Waals surface area contributed by atoms with Crippen molar-refractivity contribution in [1.29, 1.82) is 5.26 Å². The van der Waals surface area contributed by atoms with Gasteiger partial charge in [0.1, 0.15) is 0 Å². The molecule has 0 atom stereocenters. The molecular weight excluding hydrogens is 328 g/mol. The minimum atomic E-state index is -0.519. The molecule has 2 aliphatic rings. The van der Waals surface area contributed by atoms with E-state index in [4.69, 9.17) is 9.47 Å². The van der Waals surface area contributed by atoms with Crippen molar-refractivity contribution in [2.24, 2.45) is 0 Å². The number of hydrogen-bond acceptors (Lipinski definition) is 4. The number of rotatable bonds is 5. The van der Waals surface area contributed by atoms with Crippen molar-refractivity contribution < 1.29 is 14.3 Å². The maximum atomic E-state index is 11.3. The third-order valence-electron chi connectivity index (χ3n) is 5.77. The fourth-order valence-electron chi connectivity index (χ4n) is 4.26. The maximum absolute atomic E-state index is 11.3. The van der Waals surface area contributed by atoms with E-state index in [1.54, 1.807) is 14.0 Å². The number of carbonyl (C=O) groups is 1. The fourth-order valence-corrected chi connectivity index (χ4v) is 4.26. The van der Waals surface area contributed by atoms with Crippen molar-refractivity contribution in [1.82, 2.24) is 5.32 Å².